The van der Waals surface area contributed by atoms with Crippen LogP contribution in [0.4, 0.5) is 5.82 Å². The van der Waals surface area contributed by atoms with Crippen LogP contribution in [0.15, 0.2) is 22.0 Å². The van der Waals surface area contributed by atoms with Crippen molar-refractivity contribution in [3.8, 4) is 0 Å². The first-order valence-electron chi connectivity index (χ1n) is 6.79. The molecule has 0 fully saturated rings. The van der Waals surface area contributed by atoms with Crippen molar-refractivity contribution in [2.75, 3.05) is 5.32 Å². The molecule has 0 aromatic carbocycles. The third-order valence-electron chi connectivity index (χ3n) is 3.02. The Bertz CT molecular complexity index is 776. The molecule has 3 aromatic heterocycles. The first-order valence-corrected chi connectivity index (χ1v) is 9.28. The smallest absolute Gasteiger partial charge is 0.170 e. The van der Waals surface area contributed by atoms with E-state index in [-0.39, 0.29) is 5.54 Å². The van der Waals surface area contributed by atoms with Crippen LogP contribution in [-0.2, 0) is 13.0 Å². The van der Waals surface area contributed by atoms with Crippen LogP contribution in [0, 0.1) is 0 Å². The summed E-state index contributed by atoms with van der Waals surface area (Å²) >= 11 is 7.01. The minimum absolute atomic E-state index is 0.269. The normalized spacial score (nSPS) is 12.0. The molecule has 116 valence electrons. The first kappa shape index (κ1) is 15.8. The van der Waals surface area contributed by atoms with E-state index in [1.54, 1.807) is 22.7 Å². The van der Waals surface area contributed by atoms with E-state index < -0.39 is 0 Å². The second kappa shape index (κ2) is 6.19. The molecule has 3 rings (SSSR count). The summed E-state index contributed by atoms with van der Waals surface area (Å²) in [5.74, 6) is 0.769. The molecule has 8 heteroatoms. The van der Waals surface area contributed by atoms with Gasteiger partial charge in [0.2, 0.25) is 0 Å². The van der Waals surface area contributed by atoms with Crippen LogP contribution < -0.4 is 11.1 Å². The summed E-state index contributed by atoms with van der Waals surface area (Å²) in [6, 6.07) is 4.13. The molecule has 0 radical (unpaired) electrons. The third-order valence-corrected chi connectivity index (χ3v) is 6.20. The van der Waals surface area contributed by atoms with Gasteiger partial charge in [-0.05, 0) is 46.4 Å². The van der Waals surface area contributed by atoms with Gasteiger partial charge >= 0.3 is 0 Å². The van der Waals surface area contributed by atoms with Gasteiger partial charge < -0.3 is 11.1 Å². The number of nitrogens with one attached hydrogen (secondary N) is 1. The van der Waals surface area contributed by atoms with Gasteiger partial charge in [-0.25, -0.2) is 0 Å². The molecule has 0 bridgehead atoms. The Hall–Kier alpha value is -1.09. The van der Waals surface area contributed by atoms with E-state index in [2.05, 4.69) is 48.1 Å². The zero-order valence-corrected chi connectivity index (χ0v) is 15.5. The number of aromatic nitrogens is 3. The molecule has 0 unspecified atom stereocenters. The summed E-state index contributed by atoms with van der Waals surface area (Å²) in [6.07, 6.45) is 0.777. The van der Waals surface area contributed by atoms with E-state index in [1.165, 1.54) is 9.75 Å². The molecule has 5 nitrogen and oxygen atoms in total. The number of rotatable bonds is 5. The average Bonchev–Trinajstić information content (AvgIpc) is 3.05. The number of halogens is 1. The summed E-state index contributed by atoms with van der Waals surface area (Å²) in [5.41, 5.74) is 6.71. The van der Waals surface area contributed by atoms with Gasteiger partial charge in [0.05, 0.1) is 11.0 Å². The van der Waals surface area contributed by atoms with Crippen LogP contribution in [0.25, 0.3) is 10.2 Å². The van der Waals surface area contributed by atoms with E-state index in [9.17, 15) is 0 Å². The maximum Gasteiger partial charge on any atom is 0.170 e. The Morgan fingerprint density at radius 1 is 1.36 bits per heavy atom. The largest absolute Gasteiger partial charge is 0.362 e. The van der Waals surface area contributed by atoms with E-state index in [1.807, 2.05) is 19.9 Å². The summed E-state index contributed by atoms with van der Waals surface area (Å²) in [7, 11) is 0. The van der Waals surface area contributed by atoms with Crippen molar-refractivity contribution in [2.24, 2.45) is 5.73 Å². The first-order chi connectivity index (χ1) is 10.4. The number of hydrogen-bond donors (Lipinski definition) is 2. The van der Waals surface area contributed by atoms with Crippen molar-refractivity contribution >= 4 is 54.6 Å². The number of fused-ring (bicyclic) bond motifs is 1. The maximum absolute atomic E-state index is 6.14. The van der Waals surface area contributed by atoms with Gasteiger partial charge in [0, 0.05) is 21.7 Å². The van der Waals surface area contributed by atoms with Crippen LogP contribution in [0.5, 0.6) is 0 Å². The van der Waals surface area contributed by atoms with Gasteiger partial charge in [0.15, 0.2) is 5.82 Å². The van der Waals surface area contributed by atoms with Crippen LogP contribution in [-0.4, -0.2) is 20.9 Å². The number of nitrogens with zero attached hydrogens (tertiary/aromatic N) is 3. The Morgan fingerprint density at radius 2 is 2.18 bits per heavy atom. The highest BCUT2D eigenvalue weighted by atomic mass is 79.9. The fourth-order valence-electron chi connectivity index (χ4n) is 2.08. The molecular formula is C14H16BrN5S2. The van der Waals surface area contributed by atoms with Gasteiger partial charge in [-0.1, -0.05) is 6.07 Å². The fraction of sp³-hybridized carbons (Fsp3) is 0.357. The minimum Gasteiger partial charge on any atom is -0.362 e. The quantitative estimate of drug-likeness (QED) is 0.684. The number of anilines is 1. The third kappa shape index (κ3) is 3.45. The van der Waals surface area contributed by atoms with Crippen LogP contribution in [0.3, 0.4) is 0 Å². The van der Waals surface area contributed by atoms with Crippen LogP contribution in [0.1, 0.15) is 23.6 Å². The van der Waals surface area contributed by atoms with Crippen LogP contribution in [0.2, 0.25) is 0 Å². The Labute approximate surface area is 145 Å². The van der Waals surface area contributed by atoms with E-state index in [4.69, 9.17) is 5.73 Å². The molecule has 0 amide bonds. The standard InChI is InChI=1S/C14H16BrN5S2/c1-14(2,16)6-9-10(15)11-12(22-9)13(19-20-18-11)17-7-8-4-3-5-21-8/h3-5H,6-7,16H2,1-2H3,(H,17,18,19). The zero-order valence-electron chi connectivity index (χ0n) is 12.3. The van der Waals surface area contributed by atoms with E-state index in [0.717, 1.165) is 33.5 Å². The highest BCUT2D eigenvalue weighted by molar-refractivity contribution is 9.10. The van der Waals surface area contributed by atoms with Crippen molar-refractivity contribution in [3.63, 3.8) is 0 Å². The molecule has 0 atom stereocenters. The average molecular weight is 398 g/mol. The second-order valence-corrected chi connectivity index (χ2v) is 8.68. The lowest BCUT2D eigenvalue weighted by Gasteiger charge is -2.17. The predicted octanol–water partition coefficient (Wildman–Crippen LogP) is 3.80. The fourth-order valence-corrected chi connectivity index (χ4v) is 4.84. The molecule has 3 N–H and O–H groups in total. The Balaban J connectivity index is 1.92. The zero-order chi connectivity index (χ0) is 15.7. The molecule has 3 aromatic rings. The molecule has 0 aliphatic rings. The van der Waals surface area contributed by atoms with Crippen molar-refractivity contribution in [3.05, 3.63) is 31.7 Å². The Kier molecular flexibility index (Phi) is 4.44. The molecule has 0 saturated carbocycles. The molecule has 0 aliphatic carbocycles. The number of thiophene rings is 2. The maximum atomic E-state index is 6.14. The van der Waals surface area contributed by atoms with Crippen molar-refractivity contribution in [2.45, 2.75) is 32.4 Å². The lowest BCUT2D eigenvalue weighted by atomic mass is 10.0. The topological polar surface area (TPSA) is 76.7 Å². The number of hydrogen-bond acceptors (Lipinski definition) is 7. The highest BCUT2D eigenvalue weighted by Gasteiger charge is 2.20. The minimum atomic E-state index is -0.269. The van der Waals surface area contributed by atoms with Gasteiger partial charge in [0.1, 0.15) is 10.2 Å². The lowest BCUT2D eigenvalue weighted by Crippen LogP contribution is -2.34. The molecule has 0 saturated heterocycles. The molecular weight excluding hydrogens is 382 g/mol. The molecule has 3 heterocycles. The summed E-state index contributed by atoms with van der Waals surface area (Å²) < 4.78 is 1.98. The van der Waals surface area contributed by atoms with Gasteiger partial charge in [-0.2, -0.15) is 0 Å². The molecule has 22 heavy (non-hydrogen) atoms. The Morgan fingerprint density at radius 3 is 2.86 bits per heavy atom. The summed E-state index contributed by atoms with van der Waals surface area (Å²) in [5, 5.41) is 17.6. The van der Waals surface area contributed by atoms with Crippen molar-refractivity contribution in [1.29, 1.82) is 0 Å². The van der Waals surface area contributed by atoms with Crippen molar-refractivity contribution in [1.82, 2.24) is 15.4 Å². The predicted molar refractivity (Wildman–Crippen MR) is 96.5 cm³/mol. The molecule has 0 aliphatic heterocycles. The van der Waals surface area contributed by atoms with Gasteiger partial charge in [-0.3, -0.25) is 0 Å². The second-order valence-electron chi connectivity index (χ2n) is 5.75. The van der Waals surface area contributed by atoms with Crippen molar-refractivity contribution < 1.29 is 0 Å². The highest BCUT2D eigenvalue weighted by Crippen LogP contribution is 2.38. The summed E-state index contributed by atoms with van der Waals surface area (Å²) in [6.45, 7) is 4.77. The van der Waals surface area contributed by atoms with Crippen LogP contribution >= 0.6 is 38.6 Å². The van der Waals surface area contributed by atoms with E-state index in [0.29, 0.717) is 0 Å². The lowest BCUT2D eigenvalue weighted by molar-refractivity contribution is 0.520. The molecule has 0 spiro atoms. The van der Waals surface area contributed by atoms with E-state index >= 15 is 0 Å². The number of nitrogens with two attached hydrogens (primary N) is 1. The van der Waals surface area contributed by atoms with Gasteiger partial charge in [0.25, 0.3) is 0 Å². The van der Waals surface area contributed by atoms with Gasteiger partial charge in [-0.15, -0.1) is 32.9 Å². The SMILES string of the molecule is CC(C)(N)Cc1sc2c(NCc3cccs3)nnnc2c1Br. The monoisotopic (exact) mass is 397 g/mol. The summed E-state index contributed by atoms with van der Waals surface area (Å²) in [4.78, 5) is 2.43.